The summed E-state index contributed by atoms with van der Waals surface area (Å²) in [6, 6.07) is 14.1. The Hall–Kier alpha value is -2.93. The molecule has 2 amide bonds. The van der Waals surface area contributed by atoms with Crippen LogP contribution in [0.2, 0.25) is 0 Å². The van der Waals surface area contributed by atoms with Crippen LogP contribution in [-0.4, -0.2) is 67.4 Å². The minimum Gasteiger partial charge on any atom is -0.370 e. The normalized spacial score (nSPS) is 17.3. The summed E-state index contributed by atoms with van der Waals surface area (Å²) < 4.78 is 13.2. The predicted molar refractivity (Wildman–Crippen MR) is 123 cm³/mol. The van der Waals surface area contributed by atoms with Gasteiger partial charge in [0.15, 0.2) is 0 Å². The average molecular weight is 439 g/mol. The quantitative estimate of drug-likeness (QED) is 0.754. The number of nitrogens with one attached hydrogen (secondary N) is 1. The first-order valence-corrected chi connectivity index (χ1v) is 11.5. The van der Waals surface area contributed by atoms with E-state index in [1.54, 1.807) is 0 Å². The molecule has 0 aliphatic carbocycles. The minimum atomic E-state index is -0.227. The monoisotopic (exact) mass is 438 g/mol. The number of anilines is 1. The standard InChI is InChI=1S/C25H31FN4O2/c26-22-8-10-23(11-9-22)29-15-3-12-28(16-17-29)19-24(31)27-18-20-4-6-21(7-5-20)25(32)30-13-1-2-14-30/h4-11H,1-3,12-19H2,(H,27,31). The van der Waals surface area contributed by atoms with E-state index in [2.05, 4.69) is 15.1 Å². The maximum absolute atomic E-state index is 13.2. The fourth-order valence-electron chi connectivity index (χ4n) is 4.37. The molecule has 2 aromatic carbocycles. The van der Waals surface area contributed by atoms with Crippen molar-refractivity contribution in [1.82, 2.24) is 15.1 Å². The summed E-state index contributed by atoms with van der Waals surface area (Å²) in [6.07, 6.45) is 3.12. The Labute approximate surface area is 189 Å². The zero-order valence-corrected chi connectivity index (χ0v) is 18.4. The number of likely N-dealkylation sites (tertiary alicyclic amines) is 1. The van der Waals surface area contributed by atoms with E-state index < -0.39 is 0 Å². The number of hydrogen-bond donors (Lipinski definition) is 1. The number of benzene rings is 2. The van der Waals surface area contributed by atoms with Crippen LogP contribution in [0.5, 0.6) is 0 Å². The van der Waals surface area contributed by atoms with E-state index in [1.165, 1.54) is 12.1 Å². The number of halogens is 1. The summed E-state index contributed by atoms with van der Waals surface area (Å²) in [4.78, 5) is 31.2. The van der Waals surface area contributed by atoms with Gasteiger partial charge < -0.3 is 15.1 Å². The van der Waals surface area contributed by atoms with Gasteiger partial charge in [-0.3, -0.25) is 14.5 Å². The highest BCUT2D eigenvalue weighted by molar-refractivity contribution is 5.94. The first kappa shape index (κ1) is 22.3. The Bertz CT molecular complexity index is 911. The minimum absolute atomic E-state index is 0.00236. The molecule has 2 aromatic rings. The molecule has 2 heterocycles. The largest absolute Gasteiger partial charge is 0.370 e. The zero-order valence-electron chi connectivity index (χ0n) is 18.4. The summed E-state index contributed by atoms with van der Waals surface area (Å²) in [5, 5.41) is 2.99. The van der Waals surface area contributed by atoms with Gasteiger partial charge in [0.2, 0.25) is 5.91 Å². The Morgan fingerprint density at radius 2 is 1.53 bits per heavy atom. The van der Waals surface area contributed by atoms with Crippen molar-refractivity contribution in [2.24, 2.45) is 0 Å². The van der Waals surface area contributed by atoms with Gasteiger partial charge in [-0.05, 0) is 61.2 Å². The van der Waals surface area contributed by atoms with Gasteiger partial charge in [-0.15, -0.1) is 0 Å². The lowest BCUT2D eigenvalue weighted by atomic mass is 10.1. The van der Waals surface area contributed by atoms with Gasteiger partial charge in [-0.25, -0.2) is 4.39 Å². The van der Waals surface area contributed by atoms with Crippen LogP contribution in [-0.2, 0) is 11.3 Å². The molecule has 4 rings (SSSR count). The second kappa shape index (κ2) is 10.6. The van der Waals surface area contributed by atoms with Crippen LogP contribution in [0.3, 0.4) is 0 Å². The number of rotatable bonds is 6. The van der Waals surface area contributed by atoms with Gasteiger partial charge >= 0.3 is 0 Å². The van der Waals surface area contributed by atoms with Crippen molar-refractivity contribution in [3.05, 3.63) is 65.5 Å². The summed E-state index contributed by atoms with van der Waals surface area (Å²) in [5.74, 6) is -0.138. The van der Waals surface area contributed by atoms with Crippen LogP contribution in [0, 0.1) is 5.82 Å². The molecule has 6 nitrogen and oxygen atoms in total. The Morgan fingerprint density at radius 1 is 0.812 bits per heavy atom. The zero-order chi connectivity index (χ0) is 22.3. The molecule has 170 valence electrons. The van der Waals surface area contributed by atoms with E-state index in [0.29, 0.717) is 18.7 Å². The summed E-state index contributed by atoms with van der Waals surface area (Å²) in [7, 11) is 0. The fourth-order valence-corrected chi connectivity index (χ4v) is 4.37. The summed E-state index contributed by atoms with van der Waals surface area (Å²) in [6.45, 7) is 5.85. The average Bonchev–Trinajstić information content (AvgIpc) is 3.25. The van der Waals surface area contributed by atoms with E-state index >= 15 is 0 Å². The SMILES string of the molecule is O=C(CN1CCCN(c2ccc(F)cc2)CC1)NCc1ccc(C(=O)N2CCCC2)cc1. The van der Waals surface area contributed by atoms with Crippen molar-refractivity contribution >= 4 is 17.5 Å². The second-order valence-electron chi connectivity index (χ2n) is 8.57. The molecule has 0 unspecified atom stereocenters. The third-order valence-electron chi connectivity index (χ3n) is 6.23. The summed E-state index contributed by atoms with van der Waals surface area (Å²) >= 11 is 0. The number of hydrogen-bond acceptors (Lipinski definition) is 4. The molecule has 1 N–H and O–H groups in total. The summed E-state index contributed by atoms with van der Waals surface area (Å²) in [5.41, 5.74) is 2.70. The molecule has 0 saturated carbocycles. The lowest BCUT2D eigenvalue weighted by molar-refractivity contribution is -0.122. The highest BCUT2D eigenvalue weighted by Gasteiger charge is 2.20. The first-order chi connectivity index (χ1) is 15.6. The van der Waals surface area contributed by atoms with Crippen molar-refractivity contribution in [1.29, 1.82) is 0 Å². The highest BCUT2D eigenvalue weighted by Crippen LogP contribution is 2.17. The molecular formula is C25H31FN4O2. The third kappa shape index (κ3) is 5.85. The maximum atomic E-state index is 13.2. The number of nitrogens with zero attached hydrogens (tertiary/aromatic N) is 3. The number of amides is 2. The van der Waals surface area contributed by atoms with E-state index in [9.17, 15) is 14.0 Å². The topological polar surface area (TPSA) is 55.9 Å². The first-order valence-electron chi connectivity index (χ1n) is 11.5. The van der Waals surface area contributed by atoms with Gasteiger partial charge in [0.05, 0.1) is 6.54 Å². The molecule has 7 heteroatoms. The maximum Gasteiger partial charge on any atom is 0.253 e. The lowest BCUT2D eigenvalue weighted by Gasteiger charge is -2.23. The Morgan fingerprint density at radius 3 is 2.25 bits per heavy atom. The molecule has 2 aliphatic heterocycles. The van der Waals surface area contributed by atoms with Gasteiger partial charge in [-0.2, -0.15) is 0 Å². The molecule has 0 atom stereocenters. The van der Waals surface area contributed by atoms with Gasteiger partial charge in [0.25, 0.3) is 5.91 Å². The van der Waals surface area contributed by atoms with E-state index in [0.717, 1.165) is 69.8 Å². The van der Waals surface area contributed by atoms with Crippen LogP contribution in [0.15, 0.2) is 48.5 Å². The van der Waals surface area contributed by atoms with Crippen LogP contribution in [0.1, 0.15) is 35.2 Å². The third-order valence-corrected chi connectivity index (χ3v) is 6.23. The molecule has 2 aliphatic rings. The van der Waals surface area contributed by atoms with E-state index in [1.807, 2.05) is 41.3 Å². The molecule has 0 radical (unpaired) electrons. The molecule has 32 heavy (non-hydrogen) atoms. The molecule has 0 aromatic heterocycles. The van der Waals surface area contributed by atoms with Crippen molar-refractivity contribution < 1.29 is 14.0 Å². The Balaban J connectivity index is 1.21. The van der Waals surface area contributed by atoms with Crippen molar-refractivity contribution in [3.8, 4) is 0 Å². The van der Waals surface area contributed by atoms with Gasteiger partial charge in [0, 0.05) is 57.1 Å². The van der Waals surface area contributed by atoms with Crippen LogP contribution >= 0.6 is 0 Å². The van der Waals surface area contributed by atoms with Crippen LogP contribution < -0.4 is 10.2 Å². The number of carbonyl (C=O) groups excluding carboxylic acids is 2. The predicted octanol–water partition coefficient (Wildman–Crippen LogP) is 2.89. The Kier molecular flexibility index (Phi) is 7.37. The van der Waals surface area contributed by atoms with Crippen molar-refractivity contribution in [2.75, 3.05) is 50.7 Å². The van der Waals surface area contributed by atoms with Crippen molar-refractivity contribution in [3.63, 3.8) is 0 Å². The van der Waals surface area contributed by atoms with Crippen LogP contribution in [0.25, 0.3) is 0 Å². The number of carbonyl (C=O) groups is 2. The molecule has 2 fully saturated rings. The smallest absolute Gasteiger partial charge is 0.253 e. The highest BCUT2D eigenvalue weighted by atomic mass is 19.1. The van der Waals surface area contributed by atoms with E-state index in [-0.39, 0.29) is 17.6 Å². The molecule has 0 bridgehead atoms. The van der Waals surface area contributed by atoms with Gasteiger partial charge in [0.1, 0.15) is 5.82 Å². The van der Waals surface area contributed by atoms with E-state index in [4.69, 9.17) is 0 Å². The lowest BCUT2D eigenvalue weighted by Crippen LogP contribution is -2.39. The van der Waals surface area contributed by atoms with Crippen LogP contribution in [0.4, 0.5) is 10.1 Å². The second-order valence-corrected chi connectivity index (χ2v) is 8.57. The van der Waals surface area contributed by atoms with Crippen molar-refractivity contribution in [2.45, 2.75) is 25.8 Å². The van der Waals surface area contributed by atoms with Gasteiger partial charge in [-0.1, -0.05) is 12.1 Å². The molecule has 2 saturated heterocycles. The fraction of sp³-hybridized carbons (Fsp3) is 0.440. The molecule has 0 spiro atoms. The molecular weight excluding hydrogens is 407 g/mol.